The summed E-state index contributed by atoms with van der Waals surface area (Å²) in [5, 5.41) is 5.29. The van der Waals surface area contributed by atoms with Gasteiger partial charge in [0.2, 0.25) is 5.91 Å². The first-order valence-corrected chi connectivity index (χ1v) is 5.40. The molecule has 0 aliphatic rings. The minimum absolute atomic E-state index is 0.0726. The number of amides is 1. The van der Waals surface area contributed by atoms with Crippen LogP contribution in [0.15, 0.2) is 11.6 Å². The zero-order valence-corrected chi connectivity index (χ0v) is 8.56. The summed E-state index contributed by atoms with van der Waals surface area (Å²) in [4.78, 5) is 15.2. The van der Waals surface area contributed by atoms with E-state index in [1.807, 2.05) is 5.38 Å². The van der Waals surface area contributed by atoms with Crippen molar-refractivity contribution in [3.05, 3.63) is 11.6 Å². The largest absolute Gasteiger partial charge is 0.302 e. The van der Waals surface area contributed by atoms with Crippen molar-refractivity contribution in [3.8, 4) is 0 Å². The fraction of sp³-hybridized carbons (Fsp3) is 0.556. The minimum atomic E-state index is 0.0726. The number of carbonyl (C=O) groups excluding carboxylic acids is 1. The average Bonchev–Trinajstić information content (AvgIpc) is 2.57. The van der Waals surface area contributed by atoms with E-state index in [1.54, 1.807) is 6.20 Å². The van der Waals surface area contributed by atoms with E-state index in [0.717, 1.165) is 19.3 Å². The highest BCUT2D eigenvalue weighted by atomic mass is 32.1. The van der Waals surface area contributed by atoms with Crippen LogP contribution in [-0.4, -0.2) is 10.9 Å². The number of aromatic nitrogens is 1. The van der Waals surface area contributed by atoms with Gasteiger partial charge < -0.3 is 5.32 Å². The van der Waals surface area contributed by atoms with Crippen LogP contribution in [-0.2, 0) is 4.79 Å². The number of rotatable bonds is 5. The molecule has 3 nitrogen and oxygen atoms in total. The number of nitrogens with zero attached hydrogens (tertiary/aromatic N) is 1. The van der Waals surface area contributed by atoms with Crippen molar-refractivity contribution in [1.82, 2.24) is 4.98 Å². The molecule has 1 aromatic heterocycles. The lowest BCUT2D eigenvalue weighted by molar-refractivity contribution is -0.116. The third-order valence-electron chi connectivity index (χ3n) is 1.69. The van der Waals surface area contributed by atoms with Gasteiger partial charge in [0.15, 0.2) is 5.13 Å². The van der Waals surface area contributed by atoms with Gasteiger partial charge in [-0.2, -0.15) is 0 Å². The number of carbonyl (C=O) groups is 1. The molecule has 1 amide bonds. The van der Waals surface area contributed by atoms with Gasteiger partial charge in [-0.25, -0.2) is 4.98 Å². The number of thiazole rings is 1. The molecule has 1 N–H and O–H groups in total. The quantitative estimate of drug-likeness (QED) is 0.739. The molecule has 0 radical (unpaired) electrons. The van der Waals surface area contributed by atoms with E-state index in [1.165, 1.54) is 11.3 Å². The lowest BCUT2D eigenvalue weighted by Gasteiger charge is -1.99. The zero-order chi connectivity index (χ0) is 9.52. The molecule has 13 heavy (non-hydrogen) atoms. The Labute approximate surface area is 82.2 Å². The van der Waals surface area contributed by atoms with Crippen LogP contribution in [0.2, 0.25) is 0 Å². The van der Waals surface area contributed by atoms with E-state index in [-0.39, 0.29) is 5.91 Å². The number of hydrogen-bond donors (Lipinski definition) is 1. The van der Waals surface area contributed by atoms with Crippen LogP contribution < -0.4 is 5.32 Å². The van der Waals surface area contributed by atoms with E-state index < -0.39 is 0 Å². The Bertz CT molecular complexity index is 246. The van der Waals surface area contributed by atoms with Gasteiger partial charge in [-0.1, -0.05) is 19.8 Å². The molecular formula is C9H14N2OS. The van der Waals surface area contributed by atoms with Gasteiger partial charge in [-0.15, -0.1) is 11.3 Å². The Morgan fingerprint density at radius 3 is 3.08 bits per heavy atom. The summed E-state index contributed by atoms with van der Waals surface area (Å²) < 4.78 is 0. The SMILES string of the molecule is CCCCCC(=O)Nc1nccs1. The first-order valence-electron chi connectivity index (χ1n) is 4.52. The summed E-state index contributed by atoms with van der Waals surface area (Å²) in [5.74, 6) is 0.0726. The van der Waals surface area contributed by atoms with E-state index in [9.17, 15) is 4.79 Å². The Balaban J connectivity index is 2.18. The molecule has 0 bridgehead atoms. The Hall–Kier alpha value is -0.900. The Morgan fingerprint density at radius 1 is 1.62 bits per heavy atom. The predicted molar refractivity (Wildman–Crippen MR) is 54.9 cm³/mol. The van der Waals surface area contributed by atoms with Crippen molar-refractivity contribution in [3.63, 3.8) is 0 Å². The van der Waals surface area contributed by atoms with E-state index in [4.69, 9.17) is 0 Å². The molecule has 1 aromatic rings. The number of hydrogen-bond acceptors (Lipinski definition) is 3. The molecule has 0 spiro atoms. The van der Waals surface area contributed by atoms with Gasteiger partial charge in [0.1, 0.15) is 0 Å². The van der Waals surface area contributed by atoms with Gasteiger partial charge in [-0.05, 0) is 6.42 Å². The summed E-state index contributed by atoms with van der Waals surface area (Å²) in [7, 11) is 0. The van der Waals surface area contributed by atoms with Crippen molar-refractivity contribution in [1.29, 1.82) is 0 Å². The zero-order valence-electron chi connectivity index (χ0n) is 7.75. The highest BCUT2D eigenvalue weighted by molar-refractivity contribution is 7.13. The molecular weight excluding hydrogens is 184 g/mol. The molecule has 0 saturated carbocycles. The third kappa shape index (κ3) is 4.03. The van der Waals surface area contributed by atoms with Crippen LogP contribution in [0.1, 0.15) is 32.6 Å². The molecule has 0 atom stereocenters. The lowest BCUT2D eigenvalue weighted by Crippen LogP contribution is -2.10. The van der Waals surface area contributed by atoms with Crippen LogP contribution in [0.5, 0.6) is 0 Å². The van der Waals surface area contributed by atoms with Crippen LogP contribution in [0.4, 0.5) is 5.13 Å². The molecule has 0 aliphatic heterocycles. The smallest absolute Gasteiger partial charge is 0.226 e. The standard InChI is InChI=1S/C9H14N2OS/c1-2-3-4-5-8(12)11-9-10-6-7-13-9/h6-7H,2-5H2,1H3,(H,10,11,12). The Morgan fingerprint density at radius 2 is 2.46 bits per heavy atom. The maximum Gasteiger partial charge on any atom is 0.226 e. The molecule has 0 aromatic carbocycles. The van der Waals surface area contributed by atoms with Crippen molar-refractivity contribution >= 4 is 22.4 Å². The minimum Gasteiger partial charge on any atom is -0.302 e. The molecule has 1 rings (SSSR count). The van der Waals surface area contributed by atoms with Crippen LogP contribution >= 0.6 is 11.3 Å². The summed E-state index contributed by atoms with van der Waals surface area (Å²) in [6, 6.07) is 0. The van der Waals surface area contributed by atoms with E-state index >= 15 is 0 Å². The van der Waals surface area contributed by atoms with Crippen molar-refractivity contribution in [2.24, 2.45) is 0 Å². The van der Waals surface area contributed by atoms with Gasteiger partial charge in [0.25, 0.3) is 0 Å². The first kappa shape index (κ1) is 10.2. The van der Waals surface area contributed by atoms with Gasteiger partial charge in [-0.3, -0.25) is 4.79 Å². The highest BCUT2D eigenvalue weighted by Gasteiger charge is 2.02. The number of unbranched alkanes of at least 4 members (excludes halogenated alkanes) is 2. The first-order chi connectivity index (χ1) is 6.33. The lowest BCUT2D eigenvalue weighted by atomic mass is 10.2. The molecule has 0 aliphatic carbocycles. The van der Waals surface area contributed by atoms with Gasteiger partial charge in [0, 0.05) is 18.0 Å². The maximum absolute atomic E-state index is 11.2. The number of nitrogens with one attached hydrogen (secondary N) is 1. The van der Waals surface area contributed by atoms with Crippen LogP contribution in [0, 0.1) is 0 Å². The fourth-order valence-electron chi connectivity index (χ4n) is 1.00. The molecule has 4 heteroatoms. The number of anilines is 1. The second kappa shape index (κ2) is 5.70. The predicted octanol–water partition coefficient (Wildman–Crippen LogP) is 2.66. The molecule has 1 heterocycles. The molecule has 0 fully saturated rings. The summed E-state index contributed by atoms with van der Waals surface area (Å²) in [5.41, 5.74) is 0. The van der Waals surface area contributed by atoms with Crippen molar-refractivity contribution < 1.29 is 4.79 Å². The fourth-order valence-corrected chi connectivity index (χ4v) is 1.55. The molecule has 0 saturated heterocycles. The van der Waals surface area contributed by atoms with Crippen LogP contribution in [0.3, 0.4) is 0 Å². The van der Waals surface area contributed by atoms with Crippen molar-refractivity contribution in [2.45, 2.75) is 32.6 Å². The van der Waals surface area contributed by atoms with Gasteiger partial charge in [0.05, 0.1) is 0 Å². The average molecular weight is 198 g/mol. The molecule has 72 valence electrons. The maximum atomic E-state index is 11.2. The van der Waals surface area contributed by atoms with Gasteiger partial charge >= 0.3 is 0 Å². The summed E-state index contributed by atoms with van der Waals surface area (Å²) in [6.45, 7) is 2.12. The second-order valence-electron chi connectivity index (χ2n) is 2.84. The summed E-state index contributed by atoms with van der Waals surface area (Å²) >= 11 is 1.45. The second-order valence-corrected chi connectivity index (χ2v) is 3.74. The molecule has 0 unspecified atom stereocenters. The monoisotopic (exact) mass is 198 g/mol. The normalized spacial score (nSPS) is 9.92. The highest BCUT2D eigenvalue weighted by Crippen LogP contribution is 2.11. The van der Waals surface area contributed by atoms with E-state index in [0.29, 0.717) is 11.6 Å². The Kier molecular flexibility index (Phi) is 4.46. The van der Waals surface area contributed by atoms with Crippen molar-refractivity contribution in [2.75, 3.05) is 5.32 Å². The topological polar surface area (TPSA) is 42.0 Å². The van der Waals surface area contributed by atoms with Crippen LogP contribution in [0.25, 0.3) is 0 Å². The van der Waals surface area contributed by atoms with E-state index in [2.05, 4.69) is 17.2 Å². The summed E-state index contributed by atoms with van der Waals surface area (Å²) in [6.07, 6.45) is 5.52. The third-order valence-corrected chi connectivity index (χ3v) is 2.37.